The average molecular weight is 259 g/mol. The second kappa shape index (κ2) is 4.62. The first-order valence-electron chi connectivity index (χ1n) is 6.94. The van der Waals surface area contributed by atoms with Crippen LogP contribution in [0.15, 0.2) is 24.3 Å². The lowest BCUT2D eigenvalue weighted by molar-refractivity contribution is -0.124. The Hall–Kier alpha value is -1.39. The van der Waals surface area contributed by atoms with E-state index in [2.05, 4.69) is 34.5 Å². The van der Waals surface area contributed by atoms with Crippen molar-refractivity contribution < 1.29 is 4.79 Å². The van der Waals surface area contributed by atoms with E-state index in [-0.39, 0.29) is 5.91 Å². The molecule has 1 aromatic rings. The Morgan fingerprint density at radius 3 is 2.47 bits per heavy atom. The smallest absolute Gasteiger partial charge is 0.237 e. The number of primary amides is 1. The van der Waals surface area contributed by atoms with Crippen molar-refractivity contribution in [3.05, 3.63) is 35.4 Å². The van der Waals surface area contributed by atoms with E-state index in [1.54, 1.807) is 0 Å². The van der Waals surface area contributed by atoms with Gasteiger partial charge in [0.2, 0.25) is 5.91 Å². The predicted molar refractivity (Wildman–Crippen MR) is 74.3 cm³/mol. The second-order valence-electron chi connectivity index (χ2n) is 5.77. The highest BCUT2D eigenvalue weighted by molar-refractivity contribution is 5.85. The minimum atomic E-state index is -0.501. The SMILES string of the molecule is CNC1(C(N)=O)CCC(N2Cc3ccccc3C2)C1. The van der Waals surface area contributed by atoms with Gasteiger partial charge in [0, 0.05) is 19.1 Å². The van der Waals surface area contributed by atoms with Crippen LogP contribution in [0.1, 0.15) is 30.4 Å². The topological polar surface area (TPSA) is 58.4 Å². The van der Waals surface area contributed by atoms with Gasteiger partial charge in [-0.2, -0.15) is 0 Å². The summed E-state index contributed by atoms with van der Waals surface area (Å²) in [7, 11) is 1.84. The fourth-order valence-electron chi connectivity index (χ4n) is 3.52. The van der Waals surface area contributed by atoms with E-state index < -0.39 is 5.54 Å². The maximum absolute atomic E-state index is 11.7. The lowest BCUT2D eigenvalue weighted by atomic mass is 9.96. The molecule has 3 rings (SSSR count). The maximum Gasteiger partial charge on any atom is 0.237 e. The monoisotopic (exact) mass is 259 g/mol. The number of hydrogen-bond acceptors (Lipinski definition) is 3. The molecule has 1 aliphatic carbocycles. The number of nitrogens with two attached hydrogens (primary N) is 1. The van der Waals surface area contributed by atoms with Crippen molar-refractivity contribution >= 4 is 5.91 Å². The Kier molecular flexibility index (Phi) is 3.07. The van der Waals surface area contributed by atoms with Crippen molar-refractivity contribution in [2.75, 3.05) is 7.05 Å². The zero-order chi connectivity index (χ0) is 13.5. The molecule has 0 aromatic heterocycles. The van der Waals surface area contributed by atoms with Crippen LogP contribution < -0.4 is 11.1 Å². The summed E-state index contributed by atoms with van der Waals surface area (Å²) in [5, 5.41) is 3.15. The largest absolute Gasteiger partial charge is 0.368 e. The number of rotatable bonds is 3. The molecule has 0 bridgehead atoms. The van der Waals surface area contributed by atoms with Crippen LogP contribution in [0.5, 0.6) is 0 Å². The van der Waals surface area contributed by atoms with Crippen molar-refractivity contribution in [2.45, 2.75) is 43.9 Å². The third kappa shape index (κ3) is 2.05. The van der Waals surface area contributed by atoms with Crippen molar-refractivity contribution in [2.24, 2.45) is 5.73 Å². The molecule has 2 atom stereocenters. The Bertz CT molecular complexity index is 477. The molecule has 1 fully saturated rings. The Morgan fingerprint density at radius 2 is 2.00 bits per heavy atom. The molecule has 0 spiro atoms. The molecule has 19 heavy (non-hydrogen) atoms. The number of likely N-dealkylation sites (N-methyl/N-ethyl adjacent to an activating group) is 1. The molecule has 1 aliphatic heterocycles. The fourth-order valence-corrected chi connectivity index (χ4v) is 3.52. The fraction of sp³-hybridized carbons (Fsp3) is 0.533. The Morgan fingerprint density at radius 1 is 1.37 bits per heavy atom. The number of amides is 1. The average Bonchev–Trinajstić information content (AvgIpc) is 3.03. The summed E-state index contributed by atoms with van der Waals surface area (Å²) in [6, 6.07) is 9.04. The van der Waals surface area contributed by atoms with Crippen LogP contribution in [-0.4, -0.2) is 29.4 Å². The number of nitrogens with zero attached hydrogens (tertiary/aromatic N) is 1. The standard InChI is InChI=1S/C15H21N3O/c1-17-15(14(16)19)7-6-13(8-15)18-9-11-4-2-3-5-12(11)10-18/h2-5,13,17H,6-10H2,1H3,(H2,16,19). The summed E-state index contributed by atoms with van der Waals surface area (Å²) in [4.78, 5) is 14.2. The molecule has 4 heteroatoms. The molecule has 0 saturated heterocycles. The van der Waals surface area contributed by atoms with E-state index in [4.69, 9.17) is 5.73 Å². The number of carbonyl (C=O) groups excluding carboxylic acids is 1. The molecular formula is C15H21N3O. The van der Waals surface area contributed by atoms with Gasteiger partial charge in [0.05, 0.1) is 5.54 Å². The Labute approximate surface area is 114 Å². The lowest BCUT2D eigenvalue weighted by Crippen LogP contribution is -2.52. The first-order valence-corrected chi connectivity index (χ1v) is 6.94. The van der Waals surface area contributed by atoms with Gasteiger partial charge >= 0.3 is 0 Å². The van der Waals surface area contributed by atoms with Crippen LogP contribution in [0, 0.1) is 0 Å². The number of benzene rings is 1. The van der Waals surface area contributed by atoms with Crippen LogP contribution in [-0.2, 0) is 17.9 Å². The quantitative estimate of drug-likeness (QED) is 0.851. The molecule has 1 amide bonds. The third-order valence-corrected chi connectivity index (χ3v) is 4.82. The first-order chi connectivity index (χ1) is 9.14. The maximum atomic E-state index is 11.7. The summed E-state index contributed by atoms with van der Waals surface area (Å²) < 4.78 is 0. The molecule has 2 unspecified atom stereocenters. The lowest BCUT2D eigenvalue weighted by Gasteiger charge is -2.28. The summed E-state index contributed by atoms with van der Waals surface area (Å²) in [5.41, 5.74) is 7.91. The van der Waals surface area contributed by atoms with Gasteiger partial charge in [-0.05, 0) is 37.4 Å². The van der Waals surface area contributed by atoms with Gasteiger partial charge in [-0.3, -0.25) is 9.69 Å². The molecular weight excluding hydrogens is 238 g/mol. The minimum Gasteiger partial charge on any atom is -0.368 e. The molecule has 102 valence electrons. The van der Waals surface area contributed by atoms with E-state index in [1.165, 1.54) is 11.1 Å². The van der Waals surface area contributed by atoms with Gasteiger partial charge in [0.25, 0.3) is 0 Å². The van der Waals surface area contributed by atoms with Gasteiger partial charge in [-0.15, -0.1) is 0 Å². The predicted octanol–water partition coefficient (Wildman–Crippen LogP) is 0.998. The van der Waals surface area contributed by atoms with Gasteiger partial charge in [0.1, 0.15) is 0 Å². The van der Waals surface area contributed by atoms with Crippen molar-refractivity contribution in [3.8, 4) is 0 Å². The molecule has 1 saturated carbocycles. The number of nitrogens with one attached hydrogen (secondary N) is 1. The highest BCUT2D eigenvalue weighted by atomic mass is 16.1. The molecule has 4 nitrogen and oxygen atoms in total. The van der Waals surface area contributed by atoms with Crippen molar-refractivity contribution in [1.29, 1.82) is 0 Å². The highest BCUT2D eigenvalue weighted by Gasteiger charge is 2.45. The summed E-state index contributed by atoms with van der Waals surface area (Å²) in [6.07, 6.45) is 2.71. The summed E-state index contributed by atoms with van der Waals surface area (Å²) >= 11 is 0. The van der Waals surface area contributed by atoms with E-state index in [0.717, 1.165) is 32.4 Å². The molecule has 0 radical (unpaired) electrons. The normalized spacial score (nSPS) is 30.5. The van der Waals surface area contributed by atoms with Crippen LogP contribution in [0.3, 0.4) is 0 Å². The van der Waals surface area contributed by atoms with Crippen LogP contribution in [0.2, 0.25) is 0 Å². The van der Waals surface area contributed by atoms with Gasteiger partial charge in [-0.25, -0.2) is 0 Å². The third-order valence-electron chi connectivity index (χ3n) is 4.82. The first kappa shape index (κ1) is 12.6. The van der Waals surface area contributed by atoms with E-state index >= 15 is 0 Å². The minimum absolute atomic E-state index is 0.214. The van der Waals surface area contributed by atoms with Gasteiger partial charge in [0.15, 0.2) is 0 Å². The van der Waals surface area contributed by atoms with E-state index in [9.17, 15) is 4.79 Å². The van der Waals surface area contributed by atoms with Crippen LogP contribution in [0.4, 0.5) is 0 Å². The molecule has 1 heterocycles. The van der Waals surface area contributed by atoms with Crippen LogP contribution >= 0.6 is 0 Å². The van der Waals surface area contributed by atoms with Crippen molar-refractivity contribution in [1.82, 2.24) is 10.2 Å². The van der Waals surface area contributed by atoms with E-state index in [1.807, 2.05) is 7.05 Å². The zero-order valence-electron chi connectivity index (χ0n) is 11.4. The second-order valence-corrected chi connectivity index (χ2v) is 5.77. The number of carbonyl (C=O) groups is 1. The molecule has 1 aromatic carbocycles. The highest BCUT2D eigenvalue weighted by Crippen LogP contribution is 2.36. The molecule has 2 aliphatic rings. The Balaban J connectivity index is 1.72. The number of fused-ring (bicyclic) bond motifs is 1. The van der Waals surface area contributed by atoms with Crippen molar-refractivity contribution in [3.63, 3.8) is 0 Å². The van der Waals surface area contributed by atoms with Crippen LogP contribution in [0.25, 0.3) is 0 Å². The zero-order valence-corrected chi connectivity index (χ0v) is 11.4. The van der Waals surface area contributed by atoms with Gasteiger partial charge < -0.3 is 11.1 Å². The number of hydrogen-bond donors (Lipinski definition) is 2. The molecule has 3 N–H and O–H groups in total. The summed E-state index contributed by atoms with van der Waals surface area (Å²) in [6.45, 7) is 2.00. The van der Waals surface area contributed by atoms with E-state index in [0.29, 0.717) is 6.04 Å². The van der Waals surface area contributed by atoms with Gasteiger partial charge in [-0.1, -0.05) is 24.3 Å². The summed E-state index contributed by atoms with van der Waals surface area (Å²) in [5.74, 6) is -0.214.